The molecule has 0 saturated heterocycles. The van der Waals surface area contributed by atoms with Gasteiger partial charge in [-0.1, -0.05) is 18.2 Å². The van der Waals surface area contributed by atoms with E-state index in [0.717, 1.165) is 0 Å². The van der Waals surface area contributed by atoms with Crippen LogP contribution in [0.1, 0.15) is 20.7 Å². The van der Waals surface area contributed by atoms with Crippen LogP contribution in [0.3, 0.4) is 0 Å². The number of carbonyl (C=O) groups excluding carboxylic acids is 2. The summed E-state index contributed by atoms with van der Waals surface area (Å²) in [5, 5.41) is 4.52. The van der Waals surface area contributed by atoms with E-state index in [0.29, 0.717) is 22.3 Å². The Hall–Kier alpha value is -3.61. The number of nitrogens with one attached hydrogen (secondary N) is 1. The number of fused-ring (bicyclic) bond motifs is 1. The molecule has 3 rings (SSSR count). The van der Waals surface area contributed by atoms with E-state index in [-0.39, 0.29) is 11.1 Å². The molecular formula is C18H15N3O4. The first-order valence-corrected chi connectivity index (χ1v) is 7.39. The largest absolute Gasteiger partial charge is 0.497 e. The summed E-state index contributed by atoms with van der Waals surface area (Å²) in [6, 6.07) is 15.2. The van der Waals surface area contributed by atoms with Gasteiger partial charge in [0, 0.05) is 10.9 Å². The summed E-state index contributed by atoms with van der Waals surface area (Å²) in [5.74, 6) is -0.539. The zero-order valence-electron chi connectivity index (χ0n) is 13.4. The van der Waals surface area contributed by atoms with Crippen LogP contribution in [0.5, 0.6) is 5.75 Å². The highest BCUT2D eigenvalue weighted by atomic mass is 16.5. The van der Waals surface area contributed by atoms with Gasteiger partial charge in [-0.15, -0.1) is 5.10 Å². The maximum Gasteiger partial charge on any atom is 0.271 e. The van der Waals surface area contributed by atoms with E-state index in [2.05, 4.69) is 10.5 Å². The predicted molar refractivity (Wildman–Crippen MR) is 90.8 cm³/mol. The van der Waals surface area contributed by atoms with Crippen LogP contribution in [0.2, 0.25) is 0 Å². The number of hydrogen-bond donors (Lipinski definition) is 2. The second kappa shape index (κ2) is 6.88. The number of benzene rings is 2. The van der Waals surface area contributed by atoms with Crippen molar-refractivity contribution in [2.75, 3.05) is 7.11 Å². The molecule has 0 aliphatic carbocycles. The summed E-state index contributed by atoms with van der Waals surface area (Å²) < 4.78 is 10.7. The van der Waals surface area contributed by atoms with Crippen molar-refractivity contribution in [3.63, 3.8) is 0 Å². The molecule has 0 unspecified atom stereocenters. The van der Waals surface area contributed by atoms with Crippen LogP contribution in [0, 0.1) is 0 Å². The smallest absolute Gasteiger partial charge is 0.271 e. The van der Waals surface area contributed by atoms with E-state index in [1.54, 1.807) is 48.5 Å². The van der Waals surface area contributed by atoms with Crippen molar-refractivity contribution in [2.24, 2.45) is 10.8 Å². The third-order valence-corrected chi connectivity index (χ3v) is 3.51. The summed E-state index contributed by atoms with van der Waals surface area (Å²) in [5.41, 5.74) is 8.62. The molecule has 3 aromatic rings. The third-order valence-electron chi connectivity index (χ3n) is 3.51. The van der Waals surface area contributed by atoms with Gasteiger partial charge in [-0.3, -0.25) is 9.59 Å². The van der Waals surface area contributed by atoms with Crippen molar-refractivity contribution in [1.82, 2.24) is 5.43 Å². The van der Waals surface area contributed by atoms with E-state index in [9.17, 15) is 9.59 Å². The molecule has 0 aliphatic heterocycles. The van der Waals surface area contributed by atoms with Crippen LogP contribution in [-0.2, 0) is 0 Å². The fourth-order valence-electron chi connectivity index (χ4n) is 2.25. The molecule has 1 aromatic heterocycles. The number of amides is 2. The molecule has 0 aliphatic rings. The maximum atomic E-state index is 12.1. The van der Waals surface area contributed by atoms with Gasteiger partial charge in [-0.25, -0.2) is 5.43 Å². The van der Waals surface area contributed by atoms with E-state index in [1.807, 2.05) is 0 Å². The van der Waals surface area contributed by atoms with Crippen LogP contribution in [0.4, 0.5) is 0 Å². The van der Waals surface area contributed by atoms with Gasteiger partial charge >= 0.3 is 0 Å². The molecule has 0 spiro atoms. The fourth-order valence-corrected chi connectivity index (χ4v) is 2.25. The van der Waals surface area contributed by atoms with E-state index >= 15 is 0 Å². The summed E-state index contributed by atoms with van der Waals surface area (Å²) >= 11 is 0. The standard InChI is InChI=1S/C18H15N3O4/c1-24-13-7-8-15-12(9-13)10-14(16(19)22)18(25-15)21-20-17(23)11-5-3-2-4-6-11/h2-10H,1H3,(H2,19,22)(H,20,23). The van der Waals surface area contributed by atoms with Crippen LogP contribution < -0.4 is 21.5 Å². The predicted octanol–water partition coefficient (Wildman–Crippen LogP) is 1.79. The Labute approximate surface area is 142 Å². The number of rotatable bonds is 4. The van der Waals surface area contributed by atoms with Crippen molar-refractivity contribution < 1.29 is 18.7 Å². The normalized spacial score (nSPS) is 11.3. The average Bonchev–Trinajstić information content (AvgIpc) is 2.65. The maximum absolute atomic E-state index is 12.1. The van der Waals surface area contributed by atoms with Gasteiger partial charge in [-0.2, -0.15) is 0 Å². The molecule has 3 N–H and O–H groups in total. The quantitative estimate of drug-likeness (QED) is 0.708. The first kappa shape index (κ1) is 16.3. The highest BCUT2D eigenvalue weighted by Gasteiger charge is 2.11. The lowest BCUT2D eigenvalue weighted by Gasteiger charge is -2.04. The van der Waals surface area contributed by atoms with Crippen LogP contribution >= 0.6 is 0 Å². The molecule has 2 amide bonds. The van der Waals surface area contributed by atoms with Crippen molar-refractivity contribution in [3.8, 4) is 5.75 Å². The number of ether oxygens (including phenoxy) is 1. The molecule has 126 valence electrons. The van der Waals surface area contributed by atoms with Gasteiger partial charge < -0.3 is 14.9 Å². The van der Waals surface area contributed by atoms with E-state index in [4.69, 9.17) is 14.9 Å². The molecule has 0 saturated carbocycles. The molecule has 0 bridgehead atoms. The van der Waals surface area contributed by atoms with Gasteiger partial charge in [-0.05, 0) is 36.4 Å². The van der Waals surface area contributed by atoms with Gasteiger partial charge in [0.2, 0.25) is 5.55 Å². The Bertz CT molecular complexity index is 1010. The molecule has 25 heavy (non-hydrogen) atoms. The van der Waals surface area contributed by atoms with E-state index < -0.39 is 11.8 Å². The van der Waals surface area contributed by atoms with E-state index in [1.165, 1.54) is 13.2 Å². The number of primary amides is 1. The second-order valence-corrected chi connectivity index (χ2v) is 5.15. The molecule has 7 heteroatoms. The summed E-state index contributed by atoms with van der Waals surface area (Å²) in [6.07, 6.45) is 0. The Morgan fingerprint density at radius 2 is 1.88 bits per heavy atom. The minimum Gasteiger partial charge on any atom is -0.497 e. The monoisotopic (exact) mass is 337 g/mol. The molecule has 7 nitrogen and oxygen atoms in total. The number of methoxy groups -OCH3 is 1. The molecule has 0 fully saturated rings. The van der Waals surface area contributed by atoms with Crippen LogP contribution in [0.25, 0.3) is 11.0 Å². The molecular weight excluding hydrogens is 322 g/mol. The van der Waals surface area contributed by atoms with Crippen molar-refractivity contribution in [1.29, 1.82) is 0 Å². The summed E-state index contributed by atoms with van der Waals surface area (Å²) in [4.78, 5) is 23.8. The molecule has 0 radical (unpaired) electrons. The Morgan fingerprint density at radius 1 is 1.12 bits per heavy atom. The third kappa shape index (κ3) is 3.50. The minimum absolute atomic E-state index is 0.0501. The highest BCUT2D eigenvalue weighted by Crippen LogP contribution is 2.20. The minimum atomic E-state index is -0.721. The Morgan fingerprint density at radius 3 is 2.56 bits per heavy atom. The average molecular weight is 337 g/mol. The van der Waals surface area contributed by atoms with Crippen LogP contribution in [-0.4, -0.2) is 18.9 Å². The number of nitrogens with two attached hydrogens (primary N) is 1. The lowest BCUT2D eigenvalue weighted by Crippen LogP contribution is -2.27. The lowest BCUT2D eigenvalue weighted by molar-refractivity contribution is 0.0946. The fraction of sp³-hybridized carbons (Fsp3) is 0.0556. The summed E-state index contributed by atoms with van der Waals surface area (Å²) in [6.45, 7) is 0. The first-order chi connectivity index (χ1) is 12.1. The van der Waals surface area contributed by atoms with Gasteiger partial charge in [0.1, 0.15) is 16.9 Å². The second-order valence-electron chi connectivity index (χ2n) is 5.15. The van der Waals surface area contributed by atoms with Crippen molar-refractivity contribution in [3.05, 3.63) is 71.3 Å². The highest BCUT2D eigenvalue weighted by molar-refractivity contribution is 5.96. The topological polar surface area (TPSA) is 107 Å². The van der Waals surface area contributed by atoms with Crippen molar-refractivity contribution >= 4 is 22.8 Å². The zero-order valence-corrected chi connectivity index (χ0v) is 13.4. The zero-order chi connectivity index (χ0) is 17.8. The Balaban J connectivity index is 2.03. The summed E-state index contributed by atoms with van der Waals surface area (Å²) in [7, 11) is 1.54. The van der Waals surface area contributed by atoms with Gasteiger partial charge in [0.05, 0.1) is 7.11 Å². The SMILES string of the molecule is COc1ccc2oc(=NNC(=O)c3ccccc3)c(C(N)=O)cc2c1. The number of nitrogens with zero attached hydrogens (tertiary/aromatic N) is 1. The van der Waals surface area contributed by atoms with Crippen molar-refractivity contribution in [2.45, 2.75) is 0 Å². The van der Waals surface area contributed by atoms with Gasteiger partial charge in [0.15, 0.2) is 0 Å². The number of carbonyl (C=O) groups is 2. The van der Waals surface area contributed by atoms with Crippen LogP contribution in [0.15, 0.2) is 64.1 Å². The molecule has 0 atom stereocenters. The van der Waals surface area contributed by atoms with Gasteiger partial charge in [0.25, 0.3) is 11.8 Å². The lowest BCUT2D eigenvalue weighted by atomic mass is 10.1. The molecule has 2 aromatic carbocycles. The number of hydrogen-bond acceptors (Lipinski definition) is 5. The Kier molecular flexibility index (Phi) is 4.47. The molecule has 1 heterocycles. The first-order valence-electron chi connectivity index (χ1n) is 7.39.